The maximum Gasteiger partial charge on any atom is 0.417 e. The molecule has 0 fully saturated rings. The molecule has 0 saturated heterocycles. The van der Waals surface area contributed by atoms with Crippen molar-refractivity contribution in [2.75, 3.05) is 5.75 Å². The molecule has 0 aliphatic heterocycles. The number of nitrogens with one attached hydrogen (secondary N) is 1. The Balaban J connectivity index is 2.05. The molecule has 0 amide bonds. The molecule has 0 aliphatic carbocycles. The number of carbonyl (C=O) groups is 1. The zero-order valence-corrected chi connectivity index (χ0v) is 10.6. The van der Waals surface area contributed by atoms with Crippen LogP contribution in [0.4, 0.5) is 0 Å². The van der Waals surface area contributed by atoms with Crippen LogP contribution in [0.3, 0.4) is 0 Å². The summed E-state index contributed by atoms with van der Waals surface area (Å²) in [5.41, 5.74) is 1.96. The van der Waals surface area contributed by atoms with E-state index in [1.807, 2.05) is 6.07 Å². The van der Waals surface area contributed by atoms with Crippen LogP contribution in [-0.4, -0.2) is 15.9 Å². The van der Waals surface area contributed by atoms with Crippen LogP contribution in [0, 0.1) is 11.8 Å². The fourth-order valence-corrected chi connectivity index (χ4v) is 1.93. The van der Waals surface area contributed by atoms with Crippen LogP contribution in [-0.2, 0) is 4.79 Å². The van der Waals surface area contributed by atoms with Gasteiger partial charge in [-0.15, -0.1) is 0 Å². The minimum Gasteiger partial charge on any atom is -0.408 e. The average Bonchev–Trinajstić information content (AvgIpc) is 2.67. The molecule has 0 saturated carbocycles. The molecular weight excluding hydrogens is 250 g/mol. The number of rotatable bonds is 2. The molecule has 1 heterocycles. The second-order valence-electron chi connectivity index (χ2n) is 3.62. The predicted molar refractivity (Wildman–Crippen MR) is 71.5 cm³/mol. The van der Waals surface area contributed by atoms with E-state index in [9.17, 15) is 9.59 Å². The summed E-state index contributed by atoms with van der Waals surface area (Å²) in [6.07, 6.45) is 0.652. The summed E-state index contributed by atoms with van der Waals surface area (Å²) in [4.78, 5) is 24.2. The molecule has 0 unspecified atom stereocenters. The highest BCUT2D eigenvalue weighted by atomic mass is 32.2. The second-order valence-corrected chi connectivity index (χ2v) is 4.89. The fraction of sp³-hybridized carbons (Fsp3) is 0.231. The summed E-state index contributed by atoms with van der Waals surface area (Å²) in [7, 11) is 0. The molecule has 1 aromatic heterocycles. The van der Waals surface area contributed by atoms with E-state index in [4.69, 9.17) is 4.42 Å². The first-order chi connectivity index (χ1) is 8.65. The fourth-order valence-electron chi connectivity index (χ4n) is 1.43. The zero-order chi connectivity index (χ0) is 13.0. The third kappa shape index (κ3) is 3.28. The highest BCUT2D eigenvalue weighted by Gasteiger charge is 2.00. The maximum atomic E-state index is 11.0. The van der Waals surface area contributed by atoms with Gasteiger partial charge in [-0.2, -0.15) is 0 Å². The van der Waals surface area contributed by atoms with Gasteiger partial charge in [-0.05, 0) is 18.2 Å². The molecule has 4 nitrogen and oxygen atoms in total. The summed E-state index contributed by atoms with van der Waals surface area (Å²) in [5, 5.41) is 0.104. The molecule has 0 spiro atoms. The molecule has 0 atom stereocenters. The Bertz CT molecular complexity index is 687. The summed E-state index contributed by atoms with van der Waals surface area (Å²) in [6.45, 7) is 1.54. The lowest BCUT2D eigenvalue weighted by Gasteiger charge is -1.90. The van der Waals surface area contributed by atoms with E-state index in [1.54, 1.807) is 19.1 Å². The molecular formula is C13H11NO3S. The van der Waals surface area contributed by atoms with Gasteiger partial charge in [-0.25, -0.2) is 4.79 Å². The number of oxazole rings is 1. The van der Waals surface area contributed by atoms with Crippen LogP contribution in [0.2, 0.25) is 0 Å². The Morgan fingerprint density at radius 2 is 2.33 bits per heavy atom. The molecule has 2 rings (SSSR count). The molecule has 2 aromatic rings. The van der Waals surface area contributed by atoms with E-state index in [1.165, 1.54) is 11.8 Å². The van der Waals surface area contributed by atoms with E-state index in [-0.39, 0.29) is 5.12 Å². The highest BCUT2D eigenvalue weighted by Crippen LogP contribution is 2.11. The number of carbonyl (C=O) groups excluding carboxylic acids is 1. The molecule has 1 N–H and O–H groups in total. The second kappa shape index (κ2) is 5.61. The lowest BCUT2D eigenvalue weighted by atomic mass is 10.2. The molecule has 1 aromatic carbocycles. The van der Waals surface area contributed by atoms with E-state index in [2.05, 4.69) is 16.8 Å². The Hall–Kier alpha value is -1.93. The van der Waals surface area contributed by atoms with Crippen LogP contribution in [0.15, 0.2) is 27.4 Å². The van der Waals surface area contributed by atoms with Crippen LogP contribution < -0.4 is 5.76 Å². The Morgan fingerprint density at radius 1 is 1.50 bits per heavy atom. The van der Waals surface area contributed by atoms with Crippen molar-refractivity contribution in [3.63, 3.8) is 0 Å². The molecule has 0 aliphatic rings. The quantitative estimate of drug-likeness (QED) is 0.664. The van der Waals surface area contributed by atoms with Crippen molar-refractivity contribution in [1.29, 1.82) is 0 Å². The van der Waals surface area contributed by atoms with Crippen LogP contribution >= 0.6 is 11.8 Å². The minimum absolute atomic E-state index is 0.104. The highest BCUT2D eigenvalue weighted by molar-refractivity contribution is 8.13. The van der Waals surface area contributed by atoms with Gasteiger partial charge in [0.1, 0.15) is 0 Å². The molecule has 92 valence electrons. The van der Waals surface area contributed by atoms with E-state index < -0.39 is 5.76 Å². The Morgan fingerprint density at radius 3 is 3.11 bits per heavy atom. The summed E-state index contributed by atoms with van der Waals surface area (Å²) in [5.74, 6) is 6.18. The van der Waals surface area contributed by atoms with Crippen LogP contribution in [0.1, 0.15) is 18.9 Å². The number of benzene rings is 1. The van der Waals surface area contributed by atoms with E-state index in [0.29, 0.717) is 23.3 Å². The predicted octanol–water partition coefficient (Wildman–Crippen LogP) is 2.14. The zero-order valence-electron chi connectivity index (χ0n) is 9.78. The van der Waals surface area contributed by atoms with Gasteiger partial charge in [-0.3, -0.25) is 9.78 Å². The number of hydrogen-bond donors (Lipinski definition) is 1. The van der Waals surface area contributed by atoms with Crippen molar-refractivity contribution >= 4 is 28.0 Å². The van der Waals surface area contributed by atoms with Crippen molar-refractivity contribution in [2.24, 2.45) is 0 Å². The van der Waals surface area contributed by atoms with Crippen molar-refractivity contribution in [3.05, 3.63) is 34.3 Å². The average molecular weight is 261 g/mol. The van der Waals surface area contributed by atoms with Crippen LogP contribution in [0.5, 0.6) is 0 Å². The van der Waals surface area contributed by atoms with Gasteiger partial charge >= 0.3 is 5.76 Å². The SMILES string of the molecule is CC(=O)SCCC#Cc1ccc2[nH]c(=O)oc2c1. The van der Waals surface area contributed by atoms with Crippen molar-refractivity contribution in [1.82, 2.24) is 4.98 Å². The van der Waals surface area contributed by atoms with Gasteiger partial charge in [-0.1, -0.05) is 23.6 Å². The number of thioether (sulfide) groups is 1. The number of H-pyrrole nitrogens is 1. The molecule has 0 bridgehead atoms. The lowest BCUT2D eigenvalue weighted by Crippen LogP contribution is -1.92. The molecule has 5 heteroatoms. The third-order valence-electron chi connectivity index (χ3n) is 2.19. The van der Waals surface area contributed by atoms with Crippen molar-refractivity contribution < 1.29 is 9.21 Å². The standard InChI is InChI=1S/C13H11NO3S/c1-9(15)18-7-3-2-4-10-5-6-11-12(8-10)17-13(16)14-11/h5-6,8H,3,7H2,1H3,(H,14,16). The van der Waals surface area contributed by atoms with Gasteiger partial charge in [0.15, 0.2) is 10.7 Å². The molecule has 18 heavy (non-hydrogen) atoms. The van der Waals surface area contributed by atoms with Crippen LogP contribution in [0.25, 0.3) is 11.1 Å². The van der Waals surface area contributed by atoms with Gasteiger partial charge in [0.2, 0.25) is 0 Å². The van der Waals surface area contributed by atoms with E-state index >= 15 is 0 Å². The lowest BCUT2D eigenvalue weighted by molar-refractivity contribution is -0.109. The van der Waals surface area contributed by atoms with Crippen molar-refractivity contribution in [3.8, 4) is 11.8 Å². The largest absolute Gasteiger partial charge is 0.417 e. The summed E-state index contributed by atoms with van der Waals surface area (Å²) < 4.78 is 4.94. The Labute approximate surface area is 108 Å². The van der Waals surface area contributed by atoms with Crippen molar-refractivity contribution in [2.45, 2.75) is 13.3 Å². The van der Waals surface area contributed by atoms with Gasteiger partial charge in [0, 0.05) is 24.7 Å². The third-order valence-corrected chi connectivity index (χ3v) is 3.00. The van der Waals surface area contributed by atoms with E-state index in [0.717, 1.165) is 5.56 Å². The topological polar surface area (TPSA) is 63.1 Å². The minimum atomic E-state index is -0.465. The number of fused-ring (bicyclic) bond motifs is 1. The summed E-state index contributed by atoms with van der Waals surface area (Å²) in [6, 6.07) is 5.30. The number of aromatic nitrogens is 1. The first-order valence-electron chi connectivity index (χ1n) is 5.40. The van der Waals surface area contributed by atoms with Gasteiger partial charge in [0.25, 0.3) is 0 Å². The summed E-state index contributed by atoms with van der Waals surface area (Å²) >= 11 is 1.27. The molecule has 0 radical (unpaired) electrons. The Kier molecular flexibility index (Phi) is 3.90. The number of hydrogen-bond acceptors (Lipinski definition) is 4. The smallest absolute Gasteiger partial charge is 0.408 e. The van der Waals surface area contributed by atoms with Gasteiger partial charge < -0.3 is 4.42 Å². The first-order valence-corrected chi connectivity index (χ1v) is 6.39. The first kappa shape index (κ1) is 12.5. The normalized spacial score (nSPS) is 10.1. The maximum absolute atomic E-state index is 11.0. The number of aromatic amines is 1. The van der Waals surface area contributed by atoms with Gasteiger partial charge in [0.05, 0.1) is 5.52 Å². The monoisotopic (exact) mass is 261 g/mol.